The molecule has 0 radical (unpaired) electrons. The molecule has 3 rings (SSSR count). The van der Waals surface area contributed by atoms with Gasteiger partial charge in [0.15, 0.2) is 0 Å². The number of aromatic nitrogens is 1. The van der Waals surface area contributed by atoms with Crippen molar-refractivity contribution in [3.63, 3.8) is 0 Å². The van der Waals surface area contributed by atoms with E-state index in [1.807, 2.05) is 36.4 Å². The van der Waals surface area contributed by atoms with Crippen LogP contribution >= 0.6 is 0 Å². The third-order valence-electron chi connectivity index (χ3n) is 4.35. The minimum Gasteiger partial charge on any atom is -0.440 e. The van der Waals surface area contributed by atoms with Crippen molar-refractivity contribution in [3.05, 3.63) is 75.0 Å². The van der Waals surface area contributed by atoms with Crippen molar-refractivity contribution >= 4 is 0 Å². The van der Waals surface area contributed by atoms with Gasteiger partial charge in [-0.2, -0.15) is 5.26 Å². The fourth-order valence-electron chi connectivity index (χ4n) is 3.15. The topological polar surface area (TPSA) is 81.0 Å². The van der Waals surface area contributed by atoms with Gasteiger partial charge < -0.3 is 15.0 Å². The molecule has 2 heterocycles. The lowest BCUT2D eigenvalue weighted by molar-refractivity contribution is 0.389. The van der Waals surface area contributed by atoms with E-state index in [9.17, 15) is 10.1 Å². The molecule has 1 aliphatic rings. The number of hydrogen-bond acceptors (Lipinski definition) is 4. The lowest BCUT2D eigenvalue weighted by Gasteiger charge is -2.27. The van der Waals surface area contributed by atoms with Crippen LogP contribution in [0.4, 0.5) is 0 Å². The van der Waals surface area contributed by atoms with Gasteiger partial charge in [0.25, 0.3) is 5.56 Å². The maximum Gasteiger partial charge on any atom is 0.258 e. The summed E-state index contributed by atoms with van der Waals surface area (Å²) in [5.74, 6) is 0.00999. The molecule has 0 aliphatic carbocycles. The summed E-state index contributed by atoms with van der Waals surface area (Å²) < 4.78 is 7.27. The Morgan fingerprint density at radius 3 is 2.67 bits per heavy atom. The summed E-state index contributed by atoms with van der Waals surface area (Å²) in [7, 11) is 1.75. The van der Waals surface area contributed by atoms with E-state index < -0.39 is 5.92 Å². The number of rotatable bonds is 3. The summed E-state index contributed by atoms with van der Waals surface area (Å²) >= 11 is 0. The van der Waals surface area contributed by atoms with Gasteiger partial charge in [-0.05, 0) is 12.0 Å². The molecule has 0 saturated carbocycles. The zero-order chi connectivity index (χ0) is 17.3. The van der Waals surface area contributed by atoms with Gasteiger partial charge in [0.2, 0.25) is 5.88 Å². The lowest BCUT2D eigenvalue weighted by Crippen LogP contribution is -2.32. The van der Waals surface area contributed by atoms with Crippen LogP contribution in [-0.4, -0.2) is 4.57 Å². The summed E-state index contributed by atoms with van der Waals surface area (Å²) in [4.78, 5) is 13.0. The summed E-state index contributed by atoms with van der Waals surface area (Å²) in [6.45, 7) is 2.06. The Balaban J connectivity index is 2.29. The number of pyridine rings is 1. The van der Waals surface area contributed by atoms with E-state index in [2.05, 4.69) is 13.0 Å². The van der Waals surface area contributed by atoms with Crippen LogP contribution in [0.2, 0.25) is 0 Å². The third-order valence-corrected chi connectivity index (χ3v) is 4.35. The Kier molecular flexibility index (Phi) is 4.13. The van der Waals surface area contributed by atoms with Gasteiger partial charge in [-0.3, -0.25) is 4.79 Å². The van der Waals surface area contributed by atoms with Crippen LogP contribution in [0.1, 0.15) is 36.1 Å². The number of nitrogens with zero attached hydrogens (tertiary/aromatic N) is 2. The first-order valence-electron chi connectivity index (χ1n) is 7.93. The largest absolute Gasteiger partial charge is 0.440 e. The number of benzene rings is 1. The summed E-state index contributed by atoms with van der Waals surface area (Å²) in [6.07, 6.45) is 1.69. The molecule has 2 aromatic rings. The fraction of sp³-hybridized carbons (Fsp3) is 0.263. The molecule has 1 aromatic carbocycles. The van der Waals surface area contributed by atoms with Gasteiger partial charge in [0, 0.05) is 18.8 Å². The van der Waals surface area contributed by atoms with Gasteiger partial charge in [0.05, 0.1) is 11.5 Å². The highest BCUT2D eigenvalue weighted by Crippen LogP contribution is 2.40. The molecule has 5 nitrogen and oxygen atoms in total. The standard InChI is InChI=1S/C19H19N3O2/c1-3-7-13-10-15-17(19(23)22(13)2)16(12-8-5-4-6-9-12)14(11-20)18(21)24-15/h4-6,8-10,16H,3,7,21H2,1-2H3. The Hall–Kier alpha value is -3.00. The first-order valence-corrected chi connectivity index (χ1v) is 7.93. The number of fused-ring (bicyclic) bond motifs is 1. The molecule has 1 unspecified atom stereocenters. The van der Waals surface area contributed by atoms with Crippen molar-refractivity contribution in [1.82, 2.24) is 4.57 Å². The first kappa shape index (κ1) is 15.9. The van der Waals surface area contributed by atoms with Gasteiger partial charge >= 0.3 is 0 Å². The molecule has 0 fully saturated rings. The van der Waals surface area contributed by atoms with E-state index in [-0.39, 0.29) is 17.0 Å². The molecule has 0 bridgehead atoms. The van der Waals surface area contributed by atoms with Crippen LogP contribution in [0.15, 0.2) is 52.6 Å². The number of aryl methyl sites for hydroxylation is 1. The second-order valence-corrected chi connectivity index (χ2v) is 5.86. The first-order chi connectivity index (χ1) is 11.6. The van der Waals surface area contributed by atoms with Crippen LogP contribution in [0.3, 0.4) is 0 Å². The van der Waals surface area contributed by atoms with E-state index in [0.717, 1.165) is 24.1 Å². The number of allylic oxidation sites excluding steroid dienone is 1. The molecule has 24 heavy (non-hydrogen) atoms. The van der Waals surface area contributed by atoms with E-state index in [4.69, 9.17) is 10.5 Å². The van der Waals surface area contributed by atoms with Crippen molar-refractivity contribution in [3.8, 4) is 11.8 Å². The predicted molar refractivity (Wildman–Crippen MR) is 91.4 cm³/mol. The smallest absolute Gasteiger partial charge is 0.258 e. The Morgan fingerprint density at radius 1 is 1.33 bits per heavy atom. The second kappa shape index (κ2) is 6.25. The SMILES string of the molecule is CCCc1cc2c(c(=O)n1C)C(c1ccccc1)C(C#N)=C(N)O2. The maximum absolute atomic E-state index is 13.0. The lowest BCUT2D eigenvalue weighted by atomic mass is 9.84. The van der Waals surface area contributed by atoms with Gasteiger partial charge in [-0.15, -0.1) is 0 Å². The Bertz CT molecular complexity index is 905. The molecule has 1 aromatic heterocycles. The van der Waals surface area contributed by atoms with Crippen molar-refractivity contribution < 1.29 is 4.74 Å². The van der Waals surface area contributed by atoms with Crippen molar-refractivity contribution in [1.29, 1.82) is 5.26 Å². The highest BCUT2D eigenvalue weighted by molar-refractivity contribution is 5.55. The number of hydrogen-bond donors (Lipinski definition) is 1. The van der Waals surface area contributed by atoms with Crippen LogP contribution in [-0.2, 0) is 13.5 Å². The van der Waals surface area contributed by atoms with Crippen LogP contribution < -0.4 is 16.0 Å². The molecule has 0 spiro atoms. The van der Waals surface area contributed by atoms with E-state index >= 15 is 0 Å². The van der Waals surface area contributed by atoms with E-state index in [1.165, 1.54) is 0 Å². The molecule has 122 valence electrons. The van der Waals surface area contributed by atoms with Crippen LogP contribution in [0.25, 0.3) is 0 Å². The quantitative estimate of drug-likeness (QED) is 0.942. The molecular formula is C19H19N3O2. The Labute approximate surface area is 140 Å². The molecule has 1 aliphatic heterocycles. The molecule has 2 N–H and O–H groups in total. The van der Waals surface area contributed by atoms with Crippen molar-refractivity contribution in [2.45, 2.75) is 25.7 Å². The zero-order valence-electron chi connectivity index (χ0n) is 13.7. The van der Waals surface area contributed by atoms with E-state index in [0.29, 0.717) is 11.3 Å². The van der Waals surface area contributed by atoms with Crippen molar-refractivity contribution in [2.75, 3.05) is 0 Å². The Morgan fingerprint density at radius 2 is 2.04 bits per heavy atom. The zero-order valence-corrected chi connectivity index (χ0v) is 13.7. The molecule has 0 saturated heterocycles. The summed E-state index contributed by atoms with van der Waals surface area (Å²) in [5.41, 5.74) is 8.30. The monoisotopic (exact) mass is 321 g/mol. The molecular weight excluding hydrogens is 302 g/mol. The second-order valence-electron chi connectivity index (χ2n) is 5.86. The number of ether oxygens (including phenoxy) is 1. The average molecular weight is 321 g/mol. The average Bonchev–Trinajstić information content (AvgIpc) is 2.59. The highest BCUT2D eigenvalue weighted by atomic mass is 16.5. The molecule has 0 amide bonds. The number of nitrogens with two attached hydrogens (primary N) is 1. The van der Waals surface area contributed by atoms with Gasteiger partial charge in [-0.25, -0.2) is 0 Å². The molecule has 5 heteroatoms. The summed E-state index contributed by atoms with van der Waals surface area (Å²) in [5, 5.41) is 9.54. The minimum atomic E-state index is -0.505. The third kappa shape index (κ3) is 2.46. The van der Waals surface area contributed by atoms with Gasteiger partial charge in [-0.1, -0.05) is 43.7 Å². The minimum absolute atomic E-state index is 0.0644. The summed E-state index contributed by atoms with van der Waals surface area (Å²) in [6, 6.07) is 13.4. The van der Waals surface area contributed by atoms with E-state index in [1.54, 1.807) is 11.6 Å². The number of nitriles is 1. The van der Waals surface area contributed by atoms with Crippen LogP contribution in [0.5, 0.6) is 5.75 Å². The maximum atomic E-state index is 13.0. The fourth-order valence-corrected chi connectivity index (χ4v) is 3.15. The molecule has 1 atom stereocenters. The van der Waals surface area contributed by atoms with Crippen LogP contribution in [0, 0.1) is 11.3 Å². The normalized spacial score (nSPS) is 16.3. The highest BCUT2D eigenvalue weighted by Gasteiger charge is 2.34. The predicted octanol–water partition coefficient (Wildman–Crippen LogP) is 2.56. The van der Waals surface area contributed by atoms with Crippen molar-refractivity contribution in [2.24, 2.45) is 12.8 Å². The van der Waals surface area contributed by atoms with Gasteiger partial charge in [0.1, 0.15) is 17.4 Å².